The summed E-state index contributed by atoms with van der Waals surface area (Å²) >= 11 is 0. The number of aliphatic hydroxyl groups is 2. The molecule has 1 fully saturated rings. The van der Waals surface area contributed by atoms with Crippen molar-refractivity contribution in [3.05, 3.63) is 65.6 Å². The van der Waals surface area contributed by atoms with Crippen molar-refractivity contribution in [3.63, 3.8) is 0 Å². The molecule has 1 saturated heterocycles. The fraction of sp³-hybridized carbons (Fsp3) is 0.440. The van der Waals surface area contributed by atoms with E-state index >= 15 is 0 Å². The molecule has 0 bridgehead atoms. The Hall–Kier alpha value is -3.12. The molecule has 2 unspecified atom stereocenters. The molecule has 0 aliphatic carbocycles. The van der Waals surface area contributed by atoms with Crippen LogP contribution >= 0.6 is 0 Å². The summed E-state index contributed by atoms with van der Waals surface area (Å²) in [5, 5.41) is 23.5. The van der Waals surface area contributed by atoms with Gasteiger partial charge in [-0.1, -0.05) is 11.1 Å². The molecule has 3 aromatic rings. The number of β-amino-alcohol motifs (C(OH)–C–C–N with tert-alkyl or cyclic N) is 1. The summed E-state index contributed by atoms with van der Waals surface area (Å²) in [6.07, 6.45) is 2.51. The van der Waals surface area contributed by atoms with Gasteiger partial charge in [0.1, 0.15) is 17.6 Å². The van der Waals surface area contributed by atoms with Crippen LogP contribution in [0.4, 0.5) is 5.69 Å². The first-order valence-corrected chi connectivity index (χ1v) is 11.3. The van der Waals surface area contributed by atoms with Gasteiger partial charge in [-0.2, -0.15) is 0 Å². The van der Waals surface area contributed by atoms with Gasteiger partial charge in [0.2, 0.25) is 5.76 Å². The molecule has 1 aliphatic heterocycles. The molecule has 2 aromatic heterocycles. The average molecular weight is 450 g/mol. The quantitative estimate of drug-likeness (QED) is 0.558. The van der Waals surface area contributed by atoms with Crippen molar-refractivity contribution >= 4 is 5.69 Å². The van der Waals surface area contributed by atoms with E-state index < -0.39 is 6.10 Å². The summed E-state index contributed by atoms with van der Waals surface area (Å²) in [5.41, 5.74) is 2.81. The van der Waals surface area contributed by atoms with Crippen molar-refractivity contribution < 1.29 is 14.7 Å². The van der Waals surface area contributed by atoms with E-state index in [0.717, 1.165) is 37.4 Å². The van der Waals surface area contributed by atoms with Gasteiger partial charge in [0, 0.05) is 61.9 Å². The van der Waals surface area contributed by atoms with Gasteiger partial charge in [-0.25, -0.2) is 4.98 Å². The Labute approximate surface area is 194 Å². The second-order valence-corrected chi connectivity index (χ2v) is 8.71. The monoisotopic (exact) mass is 449 g/mol. The zero-order chi connectivity index (χ0) is 23.4. The van der Waals surface area contributed by atoms with Gasteiger partial charge >= 0.3 is 0 Å². The van der Waals surface area contributed by atoms with Gasteiger partial charge in [0.25, 0.3) is 0 Å². The topological polar surface area (TPSA) is 90.8 Å². The Balaban J connectivity index is 1.36. The normalized spacial score (nSPS) is 18.6. The molecule has 3 heterocycles. The van der Waals surface area contributed by atoms with Crippen LogP contribution in [0.1, 0.15) is 49.7 Å². The second-order valence-electron chi connectivity index (χ2n) is 8.71. The third kappa shape index (κ3) is 5.82. The fourth-order valence-corrected chi connectivity index (χ4v) is 4.17. The highest BCUT2D eigenvalue weighted by Crippen LogP contribution is 2.20. The number of imidazole rings is 1. The van der Waals surface area contributed by atoms with E-state index in [-0.39, 0.29) is 6.10 Å². The summed E-state index contributed by atoms with van der Waals surface area (Å²) in [5.74, 6) is 7.25. The largest absolute Gasteiger partial charge is 0.392 e. The molecule has 0 spiro atoms. The number of nitrogens with zero attached hydrogens (tertiary/aromatic N) is 5. The number of benzene rings is 1. The van der Waals surface area contributed by atoms with Crippen molar-refractivity contribution in [2.24, 2.45) is 0 Å². The Morgan fingerprint density at radius 1 is 1.15 bits per heavy atom. The molecule has 174 valence electrons. The molecule has 4 rings (SSSR count). The van der Waals surface area contributed by atoms with Gasteiger partial charge in [0.15, 0.2) is 0 Å². The maximum atomic E-state index is 9.78. The third-order valence-corrected chi connectivity index (χ3v) is 5.84. The maximum absolute atomic E-state index is 9.78. The van der Waals surface area contributed by atoms with Crippen LogP contribution in [-0.2, 0) is 6.54 Å². The van der Waals surface area contributed by atoms with Crippen LogP contribution in [0.3, 0.4) is 0 Å². The second kappa shape index (κ2) is 10.2. The molecular weight excluding hydrogens is 418 g/mol. The van der Waals surface area contributed by atoms with Crippen LogP contribution in [0.15, 0.2) is 47.2 Å². The predicted molar refractivity (Wildman–Crippen MR) is 126 cm³/mol. The van der Waals surface area contributed by atoms with E-state index in [1.807, 2.05) is 23.6 Å². The minimum absolute atomic E-state index is 0.301. The van der Waals surface area contributed by atoms with E-state index in [9.17, 15) is 10.2 Å². The SMILES string of the molecule is CC(O)CN1CCN(c2ccc(C#Cc3cc(Cn4ccnc4C(C)O)no3)cc2)C[C@@H]1C. The number of anilines is 1. The molecule has 0 amide bonds. The van der Waals surface area contributed by atoms with Crippen molar-refractivity contribution in [2.75, 3.05) is 31.1 Å². The summed E-state index contributed by atoms with van der Waals surface area (Å²) in [6, 6.07) is 10.4. The smallest absolute Gasteiger partial charge is 0.210 e. The van der Waals surface area contributed by atoms with Crippen LogP contribution in [-0.4, -0.2) is 68.1 Å². The number of rotatable bonds is 6. The maximum Gasteiger partial charge on any atom is 0.210 e. The highest BCUT2D eigenvalue weighted by atomic mass is 16.5. The van der Waals surface area contributed by atoms with Crippen molar-refractivity contribution in [1.82, 2.24) is 19.6 Å². The van der Waals surface area contributed by atoms with Crippen LogP contribution in [0, 0.1) is 11.8 Å². The average Bonchev–Trinajstić information content (AvgIpc) is 3.44. The first-order valence-electron chi connectivity index (χ1n) is 11.3. The van der Waals surface area contributed by atoms with Crippen LogP contribution in [0.5, 0.6) is 0 Å². The van der Waals surface area contributed by atoms with Gasteiger partial charge in [-0.15, -0.1) is 0 Å². The number of hydrogen-bond acceptors (Lipinski definition) is 7. The van der Waals surface area contributed by atoms with E-state index in [1.54, 1.807) is 25.4 Å². The lowest BCUT2D eigenvalue weighted by Crippen LogP contribution is -2.53. The summed E-state index contributed by atoms with van der Waals surface area (Å²) in [7, 11) is 0. The van der Waals surface area contributed by atoms with Crippen molar-refractivity contribution in [2.45, 2.75) is 45.6 Å². The van der Waals surface area contributed by atoms with Crippen LogP contribution in [0.25, 0.3) is 0 Å². The standard InChI is InChI=1S/C25H31N5O3/c1-18-15-29(13-12-28(18)16-19(2)31)23-7-4-21(5-8-23)6-9-24-14-22(27-33-24)17-30-11-10-26-25(30)20(3)32/h4-5,7-8,10-11,14,18-20,31-32H,12-13,15-17H2,1-3H3/t18-,19?,20?/m0/s1. The van der Waals surface area contributed by atoms with Gasteiger partial charge in [-0.3, -0.25) is 4.90 Å². The van der Waals surface area contributed by atoms with Crippen LogP contribution < -0.4 is 4.90 Å². The summed E-state index contributed by atoms with van der Waals surface area (Å²) < 4.78 is 7.19. The fourth-order valence-electron chi connectivity index (χ4n) is 4.17. The molecular formula is C25H31N5O3. The highest BCUT2D eigenvalue weighted by molar-refractivity contribution is 5.51. The Kier molecular flexibility index (Phi) is 7.14. The summed E-state index contributed by atoms with van der Waals surface area (Å²) in [4.78, 5) is 8.88. The predicted octanol–water partition coefficient (Wildman–Crippen LogP) is 2.26. The first-order chi connectivity index (χ1) is 15.9. The Morgan fingerprint density at radius 3 is 2.64 bits per heavy atom. The van der Waals surface area contributed by atoms with Gasteiger partial charge in [-0.05, 0) is 51.0 Å². The molecule has 33 heavy (non-hydrogen) atoms. The molecule has 8 heteroatoms. The highest BCUT2D eigenvalue weighted by Gasteiger charge is 2.24. The van der Waals surface area contributed by atoms with E-state index in [1.165, 1.54) is 5.69 Å². The molecule has 3 atom stereocenters. The zero-order valence-electron chi connectivity index (χ0n) is 19.3. The molecule has 1 aliphatic rings. The summed E-state index contributed by atoms with van der Waals surface area (Å²) in [6.45, 7) is 9.73. The molecule has 0 saturated carbocycles. The zero-order valence-corrected chi connectivity index (χ0v) is 19.3. The van der Waals surface area contributed by atoms with Crippen molar-refractivity contribution in [3.8, 4) is 11.8 Å². The molecule has 8 nitrogen and oxygen atoms in total. The van der Waals surface area contributed by atoms with Gasteiger partial charge in [0.05, 0.1) is 12.6 Å². The first kappa shape index (κ1) is 23.1. The number of piperazine rings is 1. The van der Waals surface area contributed by atoms with Crippen LogP contribution in [0.2, 0.25) is 0 Å². The van der Waals surface area contributed by atoms with E-state index in [0.29, 0.717) is 24.2 Å². The number of aliphatic hydroxyl groups excluding tert-OH is 2. The third-order valence-electron chi connectivity index (χ3n) is 5.84. The van der Waals surface area contributed by atoms with E-state index in [2.05, 4.69) is 50.8 Å². The lowest BCUT2D eigenvalue weighted by Gasteiger charge is -2.41. The molecule has 2 N–H and O–H groups in total. The van der Waals surface area contributed by atoms with Crippen molar-refractivity contribution in [1.29, 1.82) is 0 Å². The Morgan fingerprint density at radius 2 is 1.94 bits per heavy atom. The Bertz CT molecular complexity index is 1110. The lowest BCUT2D eigenvalue weighted by atomic mass is 10.1. The molecule has 0 radical (unpaired) electrons. The van der Waals surface area contributed by atoms with Gasteiger partial charge < -0.3 is 24.2 Å². The number of hydrogen-bond donors (Lipinski definition) is 2. The molecule has 1 aromatic carbocycles. The minimum Gasteiger partial charge on any atom is -0.392 e. The lowest BCUT2D eigenvalue weighted by molar-refractivity contribution is 0.0960. The minimum atomic E-state index is -0.648. The van der Waals surface area contributed by atoms with E-state index in [4.69, 9.17) is 4.52 Å². The number of aromatic nitrogens is 3.